The van der Waals surface area contributed by atoms with Crippen LogP contribution in [0, 0.1) is 11.7 Å². The largest absolute Gasteiger partial charge is 0.392 e. The predicted molar refractivity (Wildman–Crippen MR) is 85.4 cm³/mol. The maximum atomic E-state index is 13.9. The number of piperidine rings is 1. The zero-order valence-corrected chi connectivity index (χ0v) is 13.5. The zero-order chi connectivity index (χ0) is 17.0. The summed E-state index contributed by atoms with van der Waals surface area (Å²) in [5, 5.41) is 12.4. The molecular weight excluding hydrogens is 299 g/mol. The summed E-state index contributed by atoms with van der Waals surface area (Å²) in [6.07, 6.45) is 0.419. The lowest BCUT2D eigenvalue weighted by molar-refractivity contribution is -0.129. The van der Waals surface area contributed by atoms with Gasteiger partial charge in [0.2, 0.25) is 11.8 Å². The molecule has 0 bridgehead atoms. The molecule has 2 amide bonds. The van der Waals surface area contributed by atoms with E-state index in [-0.39, 0.29) is 29.8 Å². The van der Waals surface area contributed by atoms with Crippen LogP contribution in [0.25, 0.3) is 0 Å². The van der Waals surface area contributed by atoms with E-state index in [1.165, 1.54) is 11.0 Å². The minimum Gasteiger partial charge on any atom is -0.392 e. The normalized spacial score (nSPS) is 19.8. The van der Waals surface area contributed by atoms with Crippen LogP contribution in [-0.2, 0) is 9.59 Å². The molecule has 1 fully saturated rings. The third kappa shape index (κ3) is 4.28. The first kappa shape index (κ1) is 17.4. The molecule has 0 saturated carbocycles. The molecule has 0 spiro atoms. The van der Waals surface area contributed by atoms with E-state index in [9.17, 15) is 19.1 Å². The Labute approximate surface area is 135 Å². The Balaban J connectivity index is 2.03. The van der Waals surface area contributed by atoms with E-state index in [2.05, 4.69) is 5.32 Å². The van der Waals surface area contributed by atoms with Crippen molar-refractivity contribution < 1.29 is 19.1 Å². The molecular formula is C17H23FN2O3. The summed E-state index contributed by atoms with van der Waals surface area (Å²) < 4.78 is 13.9. The van der Waals surface area contributed by atoms with Crippen LogP contribution >= 0.6 is 0 Å². The van der Waals surface area contributed by atoms with Crippen molar-refractivity contribution in [2.75, 3.05) is 11.4 Å². The molecule has 2 atom stereocenters. The molecule has 23 heavy (non-hydrogen) atoms. The molecule has 0 radical (unpaired) electrons. The molecule has 2 rings (SSSR count). The number of hydrogen-bond acceptors (Lipinski definition) is 3. The number of nitrogens with zero attached hydrogens (tertiary/aromatic N) is 1. The lowest BCUT2D eigenvalue weighted by Gasteiger charge is -2.33. The van der Waals surface area contributed by atoms with Gasteiger partial charge in [-0.3, -0.25) is 9.59 Å². The van der Waals surface area contributed by atoms with Gasteiger partial charge in [-0.15, -0.1) is 0 Å². The fourth-order valence-corrected chi connectivity index (χ4v) is 2.60. The van der Waals surface area contributed by atoms with Crippen LogP contribution in [0.3, 0.4) is 0 Å². The van der Waals surface area contributed by atoms with Gasteiger partial charge in [-0.1, -0.05) is 26.0 Å². The monoisotopic (exact) mass is 322 g/mol. The van der Waals surface area contributed by atoms with Gasteiger partial charge in [-0.25, -0.2) is 4.39 Å². The fraction of sp³-hybridized carbons (Fsp3) is 0.529. The van der Waals surface area contributed by atoms with Crippen LogP contribution in [0.1, 0.15) is 33.1 Å². The number of nitrogens with one attached hydrogen (secondary N) is 1. The highest BCUT2D eigenvalue weighted by Gasteiger charge is 2.32. The minimum absolute atomic E-state index is 0.0299. The number of carbonyl (C=O) groups is 2. The molecule has 2 unspecified atom stereocenters. The summed E-state index contributed by atoms with van der Waals surface area (Å²) in [4.78, 5) is 25.9. The second-order valence-electron chi connectivity index (χ2n) is 6.22. The van der Waals surface area contributed by atoms with Gasteiger partial charge in [0.05, 0.1) is 18.2 Å². The average molecular weight is 322 g/mol. The molecule has 1 saturated heterocycles. The maximum absolute atomic E-state index is 13.9. The molecule has 1 aliphatic heterocycles. The number of aliphatic hydroxyl groups excluding tert-OH is 1. The number of rotatable bonds is 5. The van der Waals surface area contributed by atoms with Crippen molar-refractivity contribution >= 4 is 17.5 Å². The summed E-state index contributed by atoms with van der Waals surface area (Å²) in [5.41, 5.74) is 0.235. The molecule has 1 aromatic carbocycles. The Kier molecular flexibility index (Phi) is 5.71. The van der Waals surface area contributed by atoms with Crippen LogP contribution in [0.5, 0.6) is 0 Å². The van der Waals surface area contributed by atoms with Gasteiger partial charge in [0.1, 0.15) is 11.9 Å². The number of benzene rings is 1. The number of anilines is 1. The van der Waals surface area contributed by atoms with Crippen LogP contribution in [0.4, 0.5) is 10.1 Å². The fourth-order valence-electron chi connectivity index (χ4n) is 2.60. The number of amides is 2. The first-order valence-electron chi connectivity index (χ1n) is 7.93. The van der Waals surface area contributed by atoms with E-state index in [4.69, 9.17) is 0 Å². The number of aliphatic hydroxyl groups is 1. The smallest absolute Gasteiger partial charge is 0.249 e. The topological polar surface area (TPSA) is 69.6 Å². The van der Waals surface area contributed by atoms with Crippen LogP contribution in [0.2, 0.25) is 0 Å². The maximum Gasteiger partial charge on any atom is 0.249 e. The van der Waals surface area contributed by atoms with E-state index >= 15 is 0 Å². The third-order valence-electron chi connectivity index (χ3n) is 4.08. The van der Waals surface area contributed by atoms with Gasteiger partial charge in [0, 0.05) is 6.54 Å². The van der Waals surface area contributed by atoms with Gasteiger partial charge in [-0.05, 0) is 30.9 Å². The first-order valence-corrected chi connectivity index (χ1v) is 7.93. The van der Waals surface area contributed by atoms with E-state index in [1.54, 1.807) is 18.2 Å². The van der Waals surface area contributed by atoms with Gasteiger partial charge in [0.15, 0.2) is 0 Å². The molecule has 126 valence electrons. The Bertz CT molecular complexity index is 577. The van der Waals surface area contributed by atoms with Crippen molar-refractivity contribution in [3.05, 3.63) is 30.1 Å². The Morgan fingerprint density at radius 1 is 1.43 bits per heavy atom. The molecule has 2 N–H and O–H groups in total. The van der Waals surface area contributed by atoms with Crippen molar-refractivity contribution in [1.82, 2.24) is 5.32 Å². The van der Waals surface area contributed by atoms with E-state index in [0.717, 1.165) is 0 Å². The van der Waals surface area contributed by atoms with Crippen molar-refractivity contribution in [3.8, 4) is 0 Å². The van der Waals surface area contributed by atoms with Crippen molar-refractivity contribution in [1.29, 1.82) is 0 Å². The van der Waals surface area contributed by atoms with E-state index < -0.39 is 18.0 Å². The van der Waals surface area contributed by atoms with Crippen LogP contribution in [-0.4, -0.2) is 35.6 Å². The van der Waals surface area contributed by atoms with Crippen LogP contribution < -0.4 is 10.2 Å². The van der Waals surface area contributed by atoms with E-state index in [1.807, 2.05) is 13.8 Å². The Morgan fingerprint density at radius 2 is 2.13 bits per heavy atom. The summed E-state index contributed by atoms with van der Waals surface area (Å²) in [7, 11) is 0. The summed E-state index contributed by atoms with van der Waals surface area (Å²) >= 11 is 0. The standard InChI is InChI=1S/C17H23FN2O3/c1-11(2)15(21)10-16(22)19-13-7-5-9-20(17(13)23)14-8-4-3-6-12(14)18/h3-4,6,8,11,13,15,21H,5,7,9-10H2,1-2H3,(H,19,22). The molecule has 5 nitrogen and oxygen atoms in total. The predicted octanol–water partition coefficient (Wildman–Crippen LogP) is 1.84. The molecule has 0 aromatic heterocycles. The van der Waals surface area contributed by atoms with Crippen molar-refractivity contribution in [3.63, 3.8) is 0 Å². The summed E-state index contributed by atoms with van der Waals surface area (Å²) in [6, 6.07) is 5.44. The number of para-hydroxylation sites is 1. The summed E-state index contributed by atoms with van der Waals surface area (Å²) in [5.74, 6) is -1.16. The number of halogens is 1. The first-order chi connectivity index (χ1) is 10.9. The van der Waals surface area contributed by atoms with Gasteiger partial charge < -0.3 is 15.3 Å². The quantitative estimate of drug-likeness (QED) is 0.869. The Morgan fingerprint density at radius 3 is 2.78 bits per heavy atom. The van der Waals surface area contributed by atoms with E-state index in [0.29, 0.717) is 19.4 Å². The molecule has 1 heterocycles. The molecule has 1 aliphatic rings. The van der Waals surface area contributed by atoms with Gasteiger partial charge in [0.25, 0.3) is 0 Å². The molecule has 1 aromatic rings. The lowest BCUT2D eigenvalue weighted by Crippen LogP contribution is -2.53. The second-order valence-corrected chi connectivity index (χ2v) is 6.22. The minimum atomic E-state index is -0.739. The van der Waals surface area contributed by atoms with Gasteiger partial charge in [-0.2, -0.15) is 0 Å². The second kappa shape index (κ2) is 7.55. The lowest BCUT2D eigenvalue weighted by atomic mass is 10.0. The molecule has 6 heteroatoms. The Hall–Kier alpha value is -1.95. The number of carbonyl (C=O) groups excluding carboxylic acids is 2. The molecule has 0 aliphatic carbocycles. The van der Waals surface area contributed by atoms with Crippen molar-refractivity contribution in [2.24, 2.45) is 5.92 Å². The number of hydrogen-bond donors (Lipinski definition) is 2. The zero-order valence-electron chi connectivity index (χ0n) is 13.5. The summed E-state index contributed by atoms with van der Waals surface area (Å²) in [6.45, 7) is 4.08. The van der Waals surface area contributed by atoms with Gasteiger partial charge >= 0.3 is 0 Å². The average Bonchev–Trinajstić information content (AvgIpc) is 2.50. The SMILES string of the molecule is CC(C)C(O)CC(=O)NC1CCCN(c2ccccc2F)C1=O. The third-order valence-corrected chi connectivity index (χ3v) is 4.08. The highest BCUT2D eigenvalue weighted by atomic mass is 19.1. The van der Waals surface area contributed by atoms with Crippen molar-refractivity contribution in [2.45, 2.75) is 45.3 Å². The highest BCUT2D eigenvalue weighted by Crippen LogP contribution is 2.24. The highest BCUT2D eigenvalue weighted by molar-refractivity contribution is 6.00. The van der Waals surface area contributed by atoms with Crippen LogP contribution in [0.15, 0.2) is 24.3 Å².